The summed E-state index contributed by atoms with van der Waals surface area (Å²) in [7, 11) is -3.83. The molecule has 5 nitrogen and oxygen atoms in total. The van der Waals surface area contributed by atoms with Crippen molar-refractivity contribution >= 4 is 26.6 Å². The van der Waals surface area contributed by atoms with Gasteiger partial charge in [-0.1, -0.05) is 35.9 Å². The van der Waals surface area contributed by atoms with Crippen molar-refractivity contribution in [2.75, 3.05) is 5.73 Å². The fraction of sp³-hybridized carbons (Fsp3) is 0.125. The number of aliphatic hydroxyl groups excluding tert-OH is 1. The summed E-state index contributed by atoms with van der Waals surface area (Å²) < 4.78 is 27.0. The Balaban J connectivity index is 2.36. The average Bonchev–Trinajstić information content (AvgIpc) is 2.81. The summed E-state index contributed by atoms with van der Waals surface area (Å²) in [6.07, 6.45) is 0. The molecule has 6 heteroatoms. The van der Waals surface area contributed by atoms with Gasteiger partial charge in [0.25, 0.3) is 10.0 Å². The number of benzene rings is 2. The van der Waals surface area contributed by atoms with Gasteiger partial charge < -0.3 is 10.8 Å². The predicted octanol–water partition coefficient (Wildman–Crippen LogP) is 2.26. The molecule has 0 unspecified atom stereocenters. The number of para-hydroxylation sites is 1. The van der Waals surface area contributed by atoms with E-state index in [4.69, 9.17) is 5.73 Å². The molecule has 0 fully saturated rings. The molecule has 0 radical (unpaired) electrons. The molecule has 0 atom stereocenters. The first kappa shape index (κ1) is 14.6. The first-order valence-electron chi connectivity index (χ1n) is 6.77. The molecule has 3 rings (SSSR count). The van der Waals surface area contributed by atoms with Crippen LogP contribution in [0.4, 0.5) is 5.69 Å². The highest BCUT2D eigenvalue weighted by molar-refractivity contribution is 7.90. The lowest BCUT2D eigenvalue weighted by atomic mass is 10.2. The van der Waals surface area contributed by atoms with Crippen LogP contribution in [0.5, 0.6) is 0 Å². The van der Waals surface area contributed by atoms with Gasteiger partial charge in [-0.05, 0) is 25.1 Å². The van der Waals surface area contributed by atoms with E-state index >= 15 is 0 Å². The van der Waals surface area contributed by atoms with Gasteiger partial charge in [-0.3, -0.25) is 0 Å². The van der Waals surface area contributed by atoms with Crippen LogP contribution in [0.2, 0.25) is 0 Å². The summed E-state index contributed by atoms with van der Waals surface area (Å²) in [4.78, 5) is 0.161. The van der Waals surface area contributed by atoms with Crippen LogP contribution in [0.3, 0.4) is 0 Å². The van der Waals surface area contributed by atoms with Gasteiger partial charge in [-0.2, -0.15) is 0 Å². The third-order valence-corrected chi connectivity index (χ3v) is 5.44. The number of hydrogen-bond acceptors (Lipinski definition) is 4. The highest BCUT2D eigenvalue weighted by Crippen LogP contribution is 2.32. The van der Waals surface area contributed by atoms with E-state index in [0.717, 1.165) is 9.54 Å². The van der Waals surface area contributed by atoms with E-state index in [1.807, 2.05) is 6.92 Å². The smallest absolute Gasteiger partial charge is 0.268 e. The molecule has 3 aromatic rings. The second-order valence-electron chi connectivity index (χ2n) is 5.12. The maximum atomic E-state index is 12.9. The Morgan fingerprint density at radius 1 is 1.09 bits per heavy atom. The van der Waals surface area contributed by atoms with Gasteiger partial charge in [-0.15, -0.1) is 0 Å². The normalized spacial score (nSPS) is 11.9. The number of aryl methyl sites for hydroxylation is 1. The molecule has 0 aliphatic carbocycles. The second-order valence-corrected chi connectivity index (χ2v) is 6.90. The van der Waals surface area contributed by atoms with E-state index in [9.17, 15) is 13.5 Å². The van der Waals surface area contributed by atoms with Crippen molar-refractivity contribution in [3.63, 3.8) is 0 Å². The summed E-state index contributed by atoms with van der Waals surface area (Å²) in [6, 6.07) is 13.5. The molecule has 0 amide bonds. The van der Waals surface area contributed by atoms with Crippen LogP contribution in [-0.2, 0) is 16.6 Å². The molecule has 0 saturated heterocycles. The lowest BCUT2D eigenvalue weighted by Crippen LogP contribution is -2.16. The molecule has 0 saturated carbocycles. The number of nitrogens with two attached hydrogens (primary N) is 1. The zero-order valence-corrected chi connectivity index (χ0v) is 12.8. The van der Waals surface area contributed by atoms with E-state index in [-0.39, 0.29) is 16.3 Å². The Labute approximate surface area is 128 Å². The minimum atomic E-state index is -3.83. The van der Waals surface area contributed by atoms with Crippen molar-refractivity contribution in [1.82, 2.24) is 3.97 Å². The van der Waals surface area contributed by atoms with E-state index in [1.165, 1.54) is 0 Å². The molecule has 1 aromatic heterocycles. The van der Waals surface area contributed by atoms with Crippen LogP contribution in [0.25, 0.3) is 10.9 Å². The molecule has 1 heterocycles. The van der Waals surface area contributed by atoms with Crippen LogP contribution in [0, 0.1) is 6.92 Å². The average molecular weight is 316 g/mol. The Hall–Kier alpha value is -2.31. The van der Waals surface area contributed by atoms with Gasteiger partial charge in [0, 0.05) is 5.39 Å². The van der Waals surface area contributed by atoms with Crippen molar-refractivity contribution in [1.29, 1.82) is 0 Å². The fourth-order valence-corrected chi connectivity index (χ4v) is 4.08. The zero-order valence-electron chi connectivity index (χ0n) is 12.0. The third kappa shape index (κ3) is 2.08. The van der Waals surface area contributed by atoms with Gasteiger partial charge in [-0.25, -0.2) is 12.4 Å². The number of nitrogen functional groups attached to an aromatic ring is 1. The Kier molecular flexibility index (Phi) is 3.42. The standard InChI is InChI=1S/C16H16N2O3S/c1-11-6-8-12(9-7-11)22(20,21)18-14-5-3-2-4-13(14)16(17)15(18)10-19/h2-9,19H,10,17H2,1H3. The molecule has 3 N–H and O–H groups in total. The highest BCUT2D eigenvalue weighted by Gasteiger charge is 2.25. The van der Waals surface area contributed by atoms with E-state index < -0.39 is 16.6 Å². The van der Waals surface area contributed by atoms with Crippen LogP contribution in [0.15, 0.2) is 53.4 Å². The minimum Gasteiger partial charge on any atom is -0.397 e. The summed E-state index contributed by atoms with van der Waals surface area (Å²) in [5.74, 6) is 0. The maximum Gasteiger partial charge on any atom is 0.268 e. The Morgan fingerprint density at radius 2 is 1.73 bits per heavy atom. The molecule has 22 heavy (non-hydrogen) atoms. The van der Waals surface area contributed by atoms with Crippen molar-refractivity contribution in [3.8, 4) is 0 Å². The first-order chi connectivity index (χ1) is 10.5. The second kappa shape index (κ2) is 5.15. The van der Waals surface area contributed by atoms with Crippen LogP contribution < -0.4 is 5.73 Å². The predicted molar refractivity (Wildman–Crippen MR) is 86.0 cm³/mol. The van der Waals surface area contributed by atoms with Crippen molar-refractivity contribution in [2.24, 2.45) is 0 Å². The summed E-state index contributed by atoms with van der Waals surface area (Å²) in [5, 5.41) is 10.2. The van der Waals surface area contributed by atoms with Gasteiger partial charge in [0.1, 0.15) is 0 Å². The monoisotopic (exact) mass is 316 g/mol. The molecular weight excluding hydrogens is 300 g/mol. The van der Waals surface area contributed by atoms with Gasteiger partial charge >= 0.3 is 0 Å². The van der Waals surface area contributed by atoms with Gasteiger partial charge in [0.15, 0.2) is 0 Å². The molecule has 2 aromatic carbocycles. The Morgan fingerprint density at radius 3 is 2.36 bits per heavy atom. The first-order valence-corrected chi connectivity index (χ1v) is 8.21. The summed E-state index contributed by atoms with van der Waals surface area (Å²) in [6.45, 7) is 1.43. The summed E-state index contributed by atoms with van der Waals surface area (Å²) in [5.41, 5.74) is 7.91. The van der Waals surface area contributed by atoms with E-state index in [0.29, 0.717) is 10.9 Å². The number of aromatic nitrogens is 1. The molecule has 0 aliphatic heterocycles. The molecule has 0 spiro atoms. The van der Waals surface area contributed by atoms with Crippen molar-refractivity contribution < 1.29 is 13.5 Å². The number of rotatable bonds is 3. The van der Waals surface area contributed by atoms with Crippen LogP contribution >= 0.6 is 0 Å². The number of aliphatic hydroxyl groups is 1. The minimum absolute atomic E-state index is 0.161. The lowest BCUT2D eigenvalue weighted by molar-refractivity contribution is 0.277. The maximum absolute atomic E-state index is 12.9. The van der Waals surface area contributed by atoms with Crippen molar-refractivity contribution in [3.05, 3.63) is 59.8 Å². The topological polar surface area (TPSA) is 85.3 Å². The quantitative estimate of drug-likeness (QED) is 0.776. The van der Waals surface area contributed by atoms with Gasteiger partial charge in [0.2, 0.25) is 0 Å². The fourth-order valence-electron chi connectivity index (χ4n) is 2.53. The molecule has 114 valence electrons. The summed E-state index contributed by atoms with van der Waals surface area (Å²) >= 11 is 0. The van der Waals surface area contributed by atoms with Crippen molar-refractivity contribution in [2.45, 2.75) is 18.4 Å². The highest BCUT2D eigenvalue weighted by atomic mass is 32.2. The Bertz CT molecular complexity index is 941. The number of nitrogens with zero attached hydrogens (tertiary/aromatic N) is 1. The van der Waals surface area contributed by atoms with Crippen LogP contribution in [0.1, 0.15) is 11.3 Å². The number of anilines is 1. The number of hydrogen-bond donors (Lipinski definition) is 2. The third-order valence-electron chi connectivity index (χ3n) is 3.68. The SMILES string of the molecule is Cc1ccc(S(=O)(=O)n2c(CO)c(N)c3ccccc32)cc1. The number of fused-ring (bicyclic) bond motifs is 1. The largest absolute Gasteiger partial charge is 0.397 e. The lowest BCUT2D eigenvalue weighted by Gasteiger charge is -2.11. The van der Waals surface area contributed by atoms with Crippen LogP contribution in [-0.4, -0.2) is 17.5 Å². The molecular formula is C16H16N2O3S. The molecule has 0 aliphatic rings. The van der Waals surface area contributed by atoms with Gasteiger partial charge in [0.05, 0.1) is 28.4 Å². The van der Waals surface area contributed by atoms with E-state index in [1.54, 1.807) is 48.5 Å². The zero-order chi connectivity index (χ0) is 15.9. The van der Waals surface area contributed by atoms with E-state index in [2.05, 4.69) is 0 Å². The molecule has 0 bridgehead atoms.